The van der Waals surface area contributed by atoms with Crippen molar-refractivity contribution in [3.05, 3.63) is 63.9 Å². The number of benzene rings is 2. The average molecular weight is 334 g/mol. The molecule has 2 aromatic carbocycles. The first-order valence-electron chi connectivity index (χ1n) is 6.06. The standard InChI is InChI=1S/C15H13BrFN3/c16-14-11(8-18)6-7-13(15(14)17)20-9-12(19)10-4-2-1-3-5-10/h1-7,12,20H,9,19H2. The SMILES string of the molecule is N#Cc1ccc(NCC(N)c2ccccc2)c(F)c1Br. The molecule has 0 heterocycles. The molecule has 0 saturated heterocycles. The lowest BCUT2D eigenvalue weighted by molar-refractivity contribution is 0.621. The van der Waals surface area contributed by atoms with E-state index in [1.165, 1.54) is 6.07 Å². The van der Waals surface area contributed by atoms with Gasteiger partial charge in [-0.3, -0.25) is 0 Å². The molecule has 20 heavy (non-hydrogen) atoms. The molecule has 0 fully saturated rings. The van der Waals surface area contributed by atoms with E-state index in [-0.39, 0.29) is 16.1 Å². The van der Waals surface area contributed by atoms with Gasteiger partial charge >= 0.3 is 0 Å². The van der Waals surface area contributed by atoms with Gasteiger partial charge in [-0.15, -0.1) is 0 Å². The van der Waals surface area contributed by atoms with Crippen LogP contribution in [0.2, 0.25) is 0 Å². The van der Waals surface area contributed by atoms with Gasteiger partial charge in [-0.2, -0.15) is 5.26 Å². The van der Waals surface area contributed by atoms with E-state index in [9.17, 15) is 4.39 Å². The van der Waals surface area contributed by atoms with E-state index in [4.69, 9.17) is 11.0 Å². The third-order valence-electron chi connectivity index (χ3n) is 2.94. The zero-order valence-electron chi connectivity index (χ0n) is 10.6. The van der Waals surface area contributed by atoms with Gasteiger partial charge in [-0.25, -0.2) is 4.39 Å². The van der Waals surface area contributed by atoms with Gasteiger partial charge < -0.3 is 11.1 Å². The van der Waals surface area contributed by atoms with Gasteiger partial charge in [-0.05, 0) is 33.6 Å². The number of nitriles is 1. The zero-order valence-corrected chi connectivity index (χ0v) is 12.2. The van der Waals surface area contributed by atoms with Gasteiger partial charge in [0.1, 0.15) is 6.07 Å². The maximum Gasteiger partial charge on any atom is 0.161 e. The Bertz CT molecular complexity index is 638. The second-order valence-corrected chi connectivity index (χ2v) is 5.09. The monoisotopic (exact) mass is 333 g/mol. The van der Waals surface area contributed by atoms with E-state index in [0.717, 1.165) is 5.56 Å². The maximum atomic E-state index is 14.0. The second-order valence-electron chi connectivity index (χ2n) is 4.30. The van der Waals surface area contributed by atoms with Crippen LogP contribution in [0.25, 0.3) is 0 Å². The van der Waals surface area contributed by atoms with Crippen molar-refractivity contribution in [2.75, 3.05) is 11.9 Å². The Morgan fingerprint density at radius 2 is 1.95 bits per heavy atom. The summed E-state index contributed by atoms with van der Waals surface area (Å²) in [6.45, 7) is 0.402. The summed E-state index contributed by atoms with van der Waals surface area (Å²) in [7, 11) is 0. The summed E-state index contributed by atoms with van der Waals surface area (Å²) >= 11 is 3.07. The van der Waals surface area contributed by atoms with E-state index in [0.29, 0.717) is 12.2 Å². The largest absolute Gasteiger partial charge is 0.381 e. The lowest BCUT2D eigenvalue weighted by atomic mass is 10.1. The van der Waals surface area contributed by atoms with Gasteiger partial charge in [0.2, 0.25) is 0 Å². The lowest BCUT2D eigenvalue weighted by Gasteiger charge is -2.15. The molecule has 0 aliphatic heterocycles. The van der Waals surface area contributed by atoms with E-state index in [2.05, 4.69) is 21.2 Å². The van der Waals surface area contributed by atoms with E-state index >= 15 is 0 Å². The highest BCUT2D eigenvalue weighted by atomic mass is 79.9. The summed E-state index contributed by atoms with van der Waals surface area (Å²) in [6.07, 6.45) is 0. The Hall–Kier alpha value is -1.90. The van der Waals surface area contributed by atoms with Gasteiger partial charge in [0.05, 0.1) is 15.7 Å². The molecule has 0 aliphatic carbocycles. The van der Waals surface area contributed by atoms with Crippen LogP contribution in [-0.2, 0) is 0 Å². The Labute approximate surface area is 125 Å². The first kappa shape index (κ1) is 14.5. The van der Waals surface area contributed by atoms with Crippen LogP contribution in [0, 0.1) is 17.1 Å². The number of hydrogen-bond acceptors (Lipinski definition) is 3. The van der Waals surface area contributed by atoms with Crippen molar-refractivity contribution in [1.29, 1.82) is 5.26 Å². The number of nitrogens with zero attached hydrogens (tertiary/aromatic N) is 1. The Morgan fingerprint density at radius 1 is 1.25 bits per heavy atom. The number of rotatable bonds is 4. The zero-order chi connectivity index (χ0) is 14.5. The summed E-state index contributed by atoms with van der Waals surface area (Å²) < 4.78 is 14.2. The van der Waals surface area contributed by atoms with Gasteiger partial charge in [0.15, 0.2) is 5.82 Å². The molecule has 0 aliphatic rings. The molecule has 0 aromatic heterocycles. The highest BCUT2D eigenvalue weighted by molar-refractivity contribution is 9.10. The predicted octanol–water partition coefficient (Wildman–Crippen LogP) is 3.57. The molecule has 2 aromatic rings. The van der Waals surface area contributed by atoms with Crippen molar-refractivity contribution in [3.63, 3.8) is 0 Å². The molecule has 0 amide bonds. The fourth-order valence-electron chi connectivity index (χ4n) is 1.81. The maximum absolute atomic E-state index is 14.0. The lowest BCUT2D eigenvalue weighted by Crippen LogP contribution is -2.21. The summed E-state index contributed by atoms with van der Waals surface area (Å²) in [6, 6.07) is 14.4. The quantitative estimate of drug-likeness (QED) is 0.898. The van der Waals surface area contributed by atoms with E-state index in [1.807, 2.05) is 36.4 Å². The van der Waals surface area contributed by atoms with Crippen LogP contribution < -0.4 is 11.1 Å². The van der Waals surface area contributed by atoms with Crippen molar-refractivity contribution in [3.8, 4) is 6.07 Å². The topological polar surface area (TPSA) is 61.8 Å². The molecule has 0 bridgehead atoms. The summed E-state index contributed by atoms with van der Waals surface area (Å²) in [5.74, 6) is -0.482. The second kappa shape index (κ2) is 6.51. The molecule has 0 saturated carbocycles. The first-order valence-corrected chi connectivity index (χ1v) is 6.85. The van der Waals surface area contributed by atoms with Crippen LogP contribution in [-0.4, -0.2) is 6.54 Å². The highest BCUT2D eigenvalue weighted by Gasteiger charge is 2.12. The molecule has 0 radical (unpaired) electrons. The summed E-state index contributed by atoms with van der Waals surface area (Å²) in [4.78, 5) is 0. The fraction of sp³-hybridized carbons (Fsp3) is 0.133. The Balaban J connectivity index is 2.09. The van der Waals surface area contributed by atoms with Crippen LogP contribution in [0.15, 0.2) is 46.9 Å². The van der Waals surface area contributed by atoms with E-state index < -0.39 is 5.82 Å². The number of halogens is 2. The third-order valence-corrected chi connectivity index (χ3v) is 3.72. The smallest absolute Gasteiger partial charge is 0.161 e. The Kier molecular flexibility index (Phi) is 4.72. The van der Waals surface area contributed by atoms with Crippen molar-refractivity contribution in [2.45, 2.75) is 6.04 Å². The molecular weight excluding hydrogens is 321 g/mol. The molecule has 1 atom stereocenters. The molecular formula is C15H13BrFN3. The van der Waals surface area contributed by atoms with Crippen molar-refractivity contribution in [1.82, 2.24) is 0 Å². The fourth-order valence-corrected chi connectivity index (χ4v) is 2.24. The van der Waals surface area contributed by atoms with Crippen molar-refractivity contribution >= 4 is 21.6 Å². The normalized spacial score (nSPS) is 11.7. The van der Waals surface area contributed by atoms with Gasteiger partial charge in [0, 0.05) is 12.6 Å². The molecule has 102 valence electrons. The molecule has 2 rings (SSSR count). The minimum Gasteiger partial charge on any atom is -0.381 e. The predicted molar refractivity (Wildman–Crippen MR) is 80.7 cm³/mol. The number of nitrogens with one attached hydrogen (secondary N) is 1. The van der Waals surface area contributed by atoms with Crippen LogP contribution in [0.5, 0.6) is 0 Å². The summed E-state index contributed by atoms with van der Waals surface area (Å²) in [5.41, 5.74) is 7.60. The summed E-state index contributed by atoms with van der Waals surface area (Å²) in [5, 5.41) is 11.8. The van der Waals surface area contributed by atoms with Crippen LogP contribution in [0.3, 0.4) is 0 Å². The minimum absolute atomic E-state index is 0.165. The van der Waals surface area contributed by atoms with Gasteiger partial charge in [0.25, 0.3) is 0 Å². The third kappa shape index (κ3) is 3.16. The van der Waals surface area contributed by atoms with Crippen LogP contribution in [0.1, 0.15) is 17.2 Å². The number of nitrogens with two attached hydrogens (primary N) is 1. The van der Waals surface area contributed by atoms with Crippen molar-refractivity contribution in [2.24, 2.45) is 5.73 Å². The van der Waals surface area contributed by atoms with Gasteiger partial charge in [-0.1, -0.05) is 30.3 Å². The van der Waals surface area contributed by atoms with Crippen LogP contribution >= 0.6 is 15.9 Å². The highest BCUT2D eigenvalue weighted by Crippen LogP contribution is 2.26. The number of anilines is 1. The first-order chi connectivity index (χ1) is 9.63. The van der Waals surface area contributed by atoms with Crippen molar-refractivity contribution < 1.29 is 4.39 Å². The van der Waals surface area contributed by atoms with E-state index in [1.54, 1.807) is 6.07 Å². The Morgan fingerprint density at radius 3 is 2.60 bits per heavy atom. The molecule has 5 heteroatoms. The molecule has 3 nitrogen and oxygen atoms in total. The molecule has 0 spiro atoms. The molecule has 1 unspecified atom stereocenters. The number of hydrogen-bond donors (Lipinski definition) is 2. The van der Waals surface area contributed by atoms with Crippen LogP contribution in [0.4, 0.5) is 10.1 Å². The molecule has 3 N–H and O–H groups in total. The average Bonchev–Trinajstić information content (AvgIpc) is 2.49. The minimum atomic E-state index is -0.482.